The predicted molar refractivity (Wildman–Crippen MR) is 57.1 cm³/mol. The molecule has 0 spiro atoms. The van der Waals surface area contributed by atoms with Crippen molar-refractivity contribution in [2.45, 2.75) is 33.0 Å². The molecule has 0 aromatic carbocycles. The molecule has 3 nitrogen and oxygen atoms in total. The number of nitrogens with one attached hydrogen (secondary N) is 1. The van der Waals surface area contributed by atoms with Crippen LogP contribution in [0.25, 0.3) is 0 Å². The summed E-state index contributed by atoms with van der Waals surface area (Å²) in [6.07, 6.45) is -0.354. The van der Waals surface area contributed by atoms with Crippen LogP contribution in [0.1, 0.15) is 23.5 Å². The van der Waals surface area contributed by atoms with Gasteiger partial charge in [-0.2, -0.15) is 5.54 Å². The first kappa shape index (κ1) is 10.00. The monoisotopic (exact) mass is 222 g/mol. The molecule has 0 saturated carbocycles. The van der Waals surface area contributed by atoms with Crippen molar-refractivity contribution in [3.63, 3.8) is 0 Å². The Morgan fingerprint density at radius 3 is 2.67 bits per heavy atom. The van der Waals surface area contributed by atoms with Crippen LogP contribution >= 0.6 is 0 Å². The first-order valence-electron chi connectivity index (χ1n) is 6.57. The van der Waals surface area contributed by atoms with Crippen LogP contribution in [0.4, 0.5) is 4.48 Å². The van der Waals surface area contributed by atoms with E-state index in [1.165, 1.54) is 0 Å². The Morgan fingerprint density at radius 1 is 1.40 bits per heavy atom. The molecule has 0 aliphatic carbocycles. The lowest BCUT2D eigenvalue weighted by Gasteiger charge is -2.43. The van der Waals surface area contributed by atoms with Gasteiger partial charge in [-0.1, -0.05) is 20.8 Å². The van der Waals surface area contributed by atoms with E-state index in [4.69, 9.17) is 12.2 Å². The molecule has 1 aliphatic rings. The maximum atomic E-state index is 12.2. The van der Waals surface area contributed by atoms with Crippen LogP contribution in [0.15, 0.2) is 0 Å². The van der Waals surface area contributed by atoms with E-state index in [9.17, 15) is 4.48 Å². The summed E-state index contributed by atoms with van der Waals surface area (Å²) >= 11 is 0. The number of methoxy groups -OCH3 is 1. The molecule has 1 aliphatic heterocycles. The molecule has 1 rings (SSSR count). The molecule has 1 fully saturated rings. The molecule has 0 amide bonds. The molecule has 1 unspecified atom stereocenters. The number of hydrogen-bond donors (Lipinski definition) is 1. The SMILES string of the molecule is [2H]C([3H])OC[C@H]1O[C@@H](CNF)[C@H](C)[C@@H](C)[C@H]1C. The lowest BCUT2D eigenvalue weighted by Crippen LogP contribution is -2.49. The van der Waals surface area contributed by atoms with Crippen LogP contribution < -0.4 is 5.54 Å². The number of halogens is 1. The quantitative estimate of drug-likeness (QED) is 0.736. The highest BCUT2D eigenvalue weighted by Crippen LogP contribution is 2.34. The maximum Gasteiger partial charge on any atom is 0.0841 e. The predicted octanol–water partition coefficient (Wildman–Crippen LogP) is 1.78. The molecule has 1 saturated heterocycles. The smallest absolute Gasteiger partial charge is 0.0841 e. The molecule has 0 aromatic rings. The molecule has 15 heavy (non-hydrogen) atoms. The summed E-state index contributed by atoms with van der Waals surface area (Å²) in [7, 11) is -1.29. The van der Waals surface area contributed by atoms with E-state index in [0.29, 0.717) is 5.92 Å². The van der Waals surface area contributed by atoms with Crippen molar-refractivity contribution in [2.24, 2.45) is 17.8 Å². The van der Waals surface area contributed by atoms with Crippen LogP contribution in [0.5, 0.6) is 0 Å². The fourth-order valence-corrected chi connectivity index (χ4v) is 2.22. The third-order valence-corrected chi connectivity index (χ3v) is 3.72. The van der Waals surface area contributed by atoms with Gasteiger partial charge in [0.2, 0.25) is 0 Å². The van der Waals surface area contributed by atoms with E-state index >= 15 is 0 Å². The van der Waals surface area contributed by atoms with E-state index in [2.05, 4.69) is 20.8 Å². The standard InChI is InChI=1S/C11H22FNO2/c1-7-8(2)10(5-13-12)15-11(6-14-4)9(7)3/h7-11,13H,5-6H2,1-4H3/t7-,8-,9-,10+,11-/m1/s1/i4TD/t4?,7-,8-,9-,10+,11-. The summed E-state index contributed by atoms with van der Waals surface area (Å²) in [5.74, 6) is 0.942. The molecular formula is C11H22FNO2. The first-order valence-corrected chi connectivity index (χ1v) is 5.42. The van der Waals surface area contributed by atoms with Crippen LogP contribution in [0.3, 0.4) is 0 Å². The van der Waals surface area contributed by atoms with Crippen molar-refractivity contribution < 1.29 is 16.7 Å². The van der Waals surface area contributed by atoms with Crippen LogP contribution in [0, 0.1) is 17.8 Å². The summed E-state index contributed by atoms with van der Waals surface area (Å²) < 4.78 is 36.9. The van der Waals surface area contributed by atoms with Crippen LogP contribution in [-0.2, 0) is 9.47 Å². The fraction of sp³-hybridized carbons (Fsp3) is 1.00. The Bertz CT molecular complexity index is 234. The average Bonchev–Trinajstić information content (AvgIpc) is 2.28. The fourth-order valence-electron chi connectivity index (χ4n) is 2.22. The molecule has 0 aromatic heterocycles. The summed E-state index contributed by atoms with van der Waals surface area (Å²) in [4.78, 5) is 0. The van der Waals surface area contributed by atoms with Gasteiger partial charge in [-0.3, -0.25) is 0 Å². The van der Waals surface area contributed by atoms with Gasteiger partial charge in [-0.05, 0) is 17.8 Å². The van der Waals surface area contributed by atoms with Crippen molar-refractivity contribution in [2.75, 3.05) is 20.2 Å². The number of hydrogen-bond acceptors (Lipinski definition) is 3. The van der Waals surface area contributed by atoms with Gasteiger partial charge in [0.1, 0.15) is 0 Å². The van der Waals surface area contributed by atoms with Gasteiger partial charge in [0, 0.05) is 7.06 Å². The van der Waals surface area contributed by atoms with Crippen molar-refractivity contribution in [3.8, 4) is 0 Å². The molecule has 0 bridgehead atoms. The van der Waals surface area contributed by atoms with Crippen molar-refractivity contribution in [3.05, 3.63) is 0 Å². The Hall–Kier alpha value is -0.190. The second-order valence-electron chi connectivity index (χ2n) is 4.46. The van der Waals surface area contributed by atoms with Crippen LogP contribution in [-0.4, -0.2) is 32.4 Å². The molecule has 0 radical (unpaired) electrons. The summed E-state index contributed by atoms with van der Waals surface area (Å²) in [6.45, 7) is 6.63. The number of ether oxygens (including phenoxy) is 2. The minimum absolute atomic E-state index is 0.167. The molecule has 1 N–H and O–H groups in total. The van der Waals surface area contributed by atoms with Crippen LogP contribution in [0.2, 0.25) is 0 Å². The van der Waals surface area contributed by atoms with Crippen molar-refractivity contribution in [1.82, 2.24) is 5.54 Å². The number of rotatable bonds is 4. The van der Waals surface area contributed by atoms with E-state index in [-0.39, 0.29) is 37.2 Å². The molecular weight excluding hydrogens is 197 g/mol. The Morgan fingerprint density at radius 2 is 2.07 bits per heavy atom. The second-order valence-corrected chi connectivity index (χ2v) is 4.46. The zero-order valence-corrected chi connectivity index (χ0v) is 9.57. The highest BCUT2D eigenvalue weighted by molar-refractivity contribution is 4.86. The largest absolute Gasteiger partial charge is 0.382 e. The molecule has 6 atom stereocenters. The van der Waals surface area contributed by atoms with Gasteiger partial charge in [-0.15, -0.1) is 4.48 Å². The second kappa shape index (κ2) is 5.77. The minimum atomic E-state index is -1.29. The van der Waals surface area contributed by atoms with Gasteiger partial charge < -0.3 is 9.47 Å². The van der Waals surface area contributed by atoms with Gasteiger partial charge in [0.25, 0.3) is 0 Å². The normalized spacial score (nSPS) is 45.7. The first-order chi connectivity index (χ1) is 7.97. The van der Waals surface area contributed by atoms with Gasteiger partial charge >= 0.3 is 0 Å². The Kier molecular flexibility index (Phi) is 3.85. The van der Waals surface area contributed by atoms with E-state index in [1.807, 2.05) is 0 Å². The summed E-state index contributed by atoms with van der Waals surface area (Å²) in [6, 6.07) is 0. The zero-order valence-electron chi connectivity index (χ0n) is 11.6. The summed E-state index contributed by atoms with van der Waals surface area (Å²) in [5.41, 5.74) is 1.65. The van der Waals surface area contributed by atoms with Gasteiger partial charge in [0.05, 0.1) is 28.1 Å². The zero-order chi connectivity index (χ0) is 13.0. The van der Waals surface area contributed by atoms with Gasteiger partial charge in [-0.25, -0.2) is 0 Å². The topological polar surface area (TPSA) is 30.5 Å². The third-order valence-electron chi connectivity index (χ3n) is 3.72. The molecule has 1 heterocycles. The highest BCUT2D eigenvalue weighted by Gasteiger charge is 2.38. The Labute approximate surface area is 94.1 Å². The molecule has 4 heteroatoms. The Balaban J connectivity index is 2.58. The lowest BCUT2D eigenvalue weighted by molar-refractivity contribution is -0.152. The van der Waals surface area contributed by atoms with E-state index < -0.39 is 7.06 Å². The third kappa shape index (κ3) is 2.89. The van der Waals surface area contributed by atoms with Gasteiger partial charge in [0.15, 0.2) is 0 Å². The molecule has 90 valence electrons. The minimum Gasteiger partial charge on any atom is -0.382 e. The average molecular weight is 222 g/mol. The maximum absolute atomic E-state index is 12.2. The summed E-state index contributed by atoms with van der Waals surface area (Å²) in [5, 5.41) is 0. The van der Waals surface area contributed by atoms with Crippen molar-refractivity contribution in [1.29, 1.82) is 0 Å². The van der Waals surface area contributed by atoms with E-state index in [0.717, 1.165) is 0 Å². The van der Waals surface area contributed by atoms with Crippen molar-refractivity contribution >= 4 is 0 Å². The lowest BCUT2D eigenvalue weighted by atomic mass is 9.76. The highest BCUT2D eigenvalue weighted by atomic mass is 19.2. The van der Waals surface area contributed by atoms with E-state index in [1.54, 1.807) is 5.54 Å².